The minimum absolute atomic E-state index is 0.109. The molecule has 0 saturated carbocycles. The molecule has 82 valence electrons. The van der Waals surface area contributed by atoms with Crippen molar-refractivity contribution in [2.45, 2.75) is 11.4 Å². The number of rotatable bonds is 3. The van der Waals surface area contributed by atoms with Gasteiger partial charge < -0.3 is 10.8 Å². The standard InChI is InChI=1S/C8H10N2O4S/c9-5-6-1-3-7(4-2-6)15(13,14)10-8(11)12/h1-4,10H,5,9H2,(H,11,12). The van der Waals surface area contributed by atoms with E-state index in [1.165, 1.54) is 29.0 Å². The Labute approximate surface area is 86.8 Å². The molecule has 0 saturated heterocycles. The molecule has 0 fully saturated rings. The van der Waals surface area contributed by atoms with Gasteiger partial charge in [0.05, 0.1) is 4.90 Å². The van der Waals surface area contributed by atoms with Crippen LogP contribution in [0.4, 0.5) is 4.79 Å². The van der Waals surface area contributed by atoms with Gasteiger partial charge in [0.15, 0.2) is 0 Å². The van der Waals surface area contributed by atoms with Gasteiger partial charge in [0.1, 0.15) is 0 Å². The largest absolute Gasteiger partial charge is 0.464 e. The van der Waals surface area contributed by atoms with E-state index in [0.29, 0.717) is 6.54 Å². The number of carboxylic acid groups (broad SMARTS) is 1. The van der Waals surface area contributed by atoms with Crippen molar-refractivity contribution in [3.8, 4) is 0 Å². The summed E-state index contributed by atoms with van der Waals surface area (Å²) < 4.78 is 24.1. The summed E-state index contributed by atoms with van der Waals surface area (Å²) in [6, 6.07) is 5.65. The number of amides is 1. The SMILES string of the molecule is NCc1ccc(S(=O)(=O)NC(=O)O)cc1. The Balaban J connectivity index is 3.01. The molecule has 15 heavy (non-hydrogen) atoms. The molecular formula is C8H10N2O4S. The minimum atomic E-state index is -3.97. The first-order chi connectivity index (χ1) is 6.95. The second-order valence-electron chi connectivity index (χ2n) is 2.76. The van der Waals surface area contributed by atoms with Gasteiger partial charge in [-0.2, -0.15) is 0 Å². The van der Waals surface area contributed by atoms with Crippen LogP contribution in [-0.2, 0) is 16.6 Å². The molecule has 7 heteroatoms. The van der Waals surface area contributed by atoms with Crippen LogP contribution in [0.2, 0.25) is 0 Å². The van der Waals surface area contributed by atoms with Crippen LogP contribution in [0.3, 0.4) is 0 Å². The van der Waals surface area contributed by atoms with Gasteiger partial charge in [0, 0.05) is 6.54 Å². The highest BCUT2D eigenvalue weighted by Gasteiger charge is 2.16. The van der Waals surface area contributed by atoms with Crippen molar-refractivity contribution in [1.82, 2.24) is 4.72 Å². The molecule has 0 radical (unpaired) electrons. The van der Waals surface area contributed by atoms with Crippen molar-refractivity contribution >= 4 is 16.1 Å². The van der Waals surface area contributed by atoms with Crippen molar-refractivity contribution in [3.05, 3.63) is 29.8 Å². The summed E-state index contributed by atoms with van der Waals surface area (Å²) in [7, 11) is -3.97. The Bertz CT molecular complexity index is 452. The maximum absolute atomic E-state index is 11.3. The Morgan fingerprint density at radius 1 is 1.33 bits per heavy atom. The van der Waals surface area contributed by atoms with Crippen molar-refractivity contribution < 1.29 is 18.3 Å². The summed E-state index contributed by atoms with van der Waals surface area (Å²) >= 11 is 0. The Morgan fingerprint density at radius 3 is 2.27 bits per heavy atom. The van der Waals surface area contributed by atoms with Gasteiger partial charge in [-0.15, -0.1) is 0 Å². The van der Waals surface area contributed by atoms with Crippen LogP contribution < -0.4 is 10.5 Å². The second-order valence-corrected chi connectivity index (χ2v) is 4.44. The van der Waals surface area contributed by atoms with E-state index in [1.54, 1.807) is 0 Å². The lowest BCUT2D eigenvalue weighted by atomic mass is 10.2. The molecule has 1 rings (SSSR count). The summed E-state index contributed by atoms with van der Waals surface area (Å²) in [5, 5.41) is 8.30. The predicted octanol–water partition coefficient (Wildman–Crippen LogP) is 0.102. The minimum Gasteiger partial charge on any atom is -0.464 e. The van der Waals surface area contributed by atoms with E-state index in [9.17, 15) is 13.2 Å². The molecule has 0 aliphatic rings. The highest BCUT2D eigenvalue weighted by Crippen LogP contribution is 2.09. The molecule has 0 unspecified atom stereocenters. The molecule has 0 spiro atoms. The van der Waals surface area contributed by atoms with Crippen LogP contribution in [0.25, 0.3) is 0 Å². The smallest absolute Gasteiger partial charge is 0.418 e. The lowest BCUT2D eigenvalue weighted by Gasteiger charge is -2.03. The number of nitrogens with two attached hydrogens (primary N) is 1. The fraction of sp³-hybridized carbons (Fsp3) is 0.125. The number of hydrogen-bond donors (Lipinski definition) is 3. The van der Waals surface area contributed by atoms with Crippen LogP contribution >= 0.6 is 0 Å². The quantitative estimate of drug-likeness (QED) is 0.682. The summed E-state index contributed by atoms with van der Waals surface area (Å²) in [5.41, 5.74) is 6.10. The average Bonchev–Trinajstić information content (AvgIpc) is 2.16. The molecule has 0 bridgehead atoms. The van der Waals surface area contributed by atoms with Gasteiger partial charge in [-0.1, -0.05) is 12.1 Å². The number of hydrogen-bond acceptors (Lipinski definition) is 4. The van der Waals surface area contributed by atoms with Crippen LogP contribution in [0.1, 0.15) is 5.56 Å². The third-order valence-electron chi connectivity index (χ3n) is 1.69. The molecule has 4 N–H and O–H groups in total. The fourth-order valence-corrected chi connectivity index (χ4v) is 1.82. The molecule has 1 aromatic rings. The molecule has 6 nitrogen and oxygen atoms in total. The molecule has 0 heterocycles. The number of carbonyl (C=O) groups is 1. The van der Waals surface area contributed by atoms with E-state index in [4.69, 9.17) is 10.8 Å². The molecule has 0 aromatic heterocycles. The molecule has 0 aliphatic carbocycles. The van der Waals surface area contributed by atoms with Gasteiger partial charge in [0.25, 0.3) is 10.0 Å². The van der Waals surface area contributed by atoms with Gasteiger partial charge in [0.2, 0.25) is 0 Å². The second kappa shape index (κ2) is 4.28. The molecule has 0 aliphatic heterocycles. The van der Waals surface area contributed by atoms with Crippen LogP contribution in [-0.4, -0.2) is 19.6 Å². The maximum atomic E-state index is 11.3. The highest BCUT2D eigenvalue weighted by atomic mass is 32.2. The lowest BCUT2D eigenvalue weighted by molar-refractivity contribution is 0.201. The lowest BCUT2D eigenvalue weighted by Crippen LogP contribution is -2.28. The zero-order valence-corrected chi connectivity index (χ0v) is 8.49. The van der Waals surface area contributed by atoms with E-state index in [2.05, 4.69) is 0 Å². The summed E-state index contributed by atoms with van der Waals surface area (Å²) in [6.45, 7) is 0.298. The predicted molar refractivity (Wildman–Crippen MR) is 52.7 cm³/mol. The first kappa shape index (κ1) is 11.5. The van der Waals surface area contributed by atoms with Gasteiger partial charge in [-0.25, -0.2) is 17.9 Å². The van der Waals surface area contributed by atoms with Crippen LogP contribution in [0.15, 0.2) is 29.2 Å². The van der Waals surface area contributed by atoms with Gasteiger partial charge in [-0.3, -0.25) is 0 Å². The van der Waals surface area contributed by atoms with Crippen LogP contribution in [0.5, 0.6) is 0 Å². The molecular weight excluding hydrogens is 220 g/mol. The average molecular weight is 230 g/mol. The third kappa shape index (κ3) is 2.93. The van der Waals surface area contributed by atoms with E-state index in [0.717, 1.165) is 5.56 Å². The van der Waals surface area contributed by atoms with E-state index in [-0.39, 0.29) is 4.90 Å². The van der Waals surface area contributed by atoms with E-state index >= 15 is 0 Å². The van der Waals surface area contributed by atoms with E-state index < -0.39 is 16.1 Å². The maximum Gasteiger partial charge on any atom is 0.418 e. The molecule has 1 aromatic carbocycles. The van der Waals surface area contributed by atoms with Crippen molar-refractivity contribution in [3.63, 3.8) is 0 Å². The van der Waals surface area contributed by atoms with Crippen molar-refractivity contribution in [2.24, 2.45) is 5.73 Å². The Kier molecular flexibility index (Phi) is 3.28. The number of nitrogens with one attached hydrogen (secondary N) is 1. The monoisotopic (exact) mass is 230 g/mol. The summed E-state index contributed by atoms with van der Waals surface area (Å²) in [4.78, 5) is 10.1. The fourth-order valence-electron chi connectivity index (χ4n) is 0.979. The zero-order chi connectivity index (χ0) is 11.5. The van der Waals surface area contributed by atoms with Crippen molar-refractivity contribution in [1.29, 1.82) is 0 Å². The third-order valence-corrected chi connectivity index (χ3v) is 3.03. The molecule has 1 amide bonds. The van der Waals surface area contributed by atoms with Gasteiger partial charge >= 0.3 is 6.09 Å². The van der Waals surface area contributed by atoms with E-state index in [1.807, 2.05) is 0 Å². The Hall–Kier alpha value is -1.60. The molecule has 0 atom stereocenters. The first-order valence-electron chi connectivity index (χ1n) is 4.00. The van der Waals surface area contributed by atoms with Crippen LogP contribution in [0, 0.1) is 0 Å². The number of sulfonamides is 1. The summed E-state index contributed by atoms with van der Waals surface area (Å²) in [6.07, 6.45) is -1.61. The topological polar surface area (TPSA) is 109 Å². The normalized spacial score (nSPS) is 11.0. The van der Waals surface area contributed by atoms with Crippen molar-refractivity contribution in [2.75, 3.05) is 0 Å². The van der Waals surface area contributed by atoms with Gasteiger partial charge in [-0.05, 0) is 17.7 Å². The summed E-state index contributed by atoms with van der Waals surface area (Å²) in [5.74, 6) is 0. The first-order valence-corrected chi connectivity index (χ1v) is 5.49. The Morgan fingerprint density at radius 2 is 1.87 bits per heavy atom. The highest BCUT2D eigenvalue weighted by molar-refractivity contribution is 7.90. The number of benzene rings is 1. The zero-order valence-electron chi connectivity index (χ0n) is 7.67.